The molecule has 4 rings (SSSR count). The summed E-state index contributed by atoms with van der Waals surface area (Å²) in [7, 11) is 0. The molecular weight excluding hydrogens is 398 g/mol. The molecule has 0 saturated carbocycles. The third-order valence-corrected chi connectivity index (χ3v) is 5.32. The largest absolute Gasteiger partial charge is 0.339 e. The minimum Gasteiger partial charge on any atom is -0.339 e. The average Bonchev–Trinajstić information content (AvgIpc) is 3.28. The predicted octanol–water partition coefficient (Wildman–Crippen LogP) is 4.39. The van der Waals surface area contributed by atoms with E-state index >= 15 is 0 Å². The van der Waals surface area contributed by atoms with E-state index in [0.29, 0.717) is 18.1 Å². The number of anilines is 1. The van der Waals surface area contributed by atoms with Gasteiger partial charge in [-0.3, -0.25) is 14.8 Å². The Morgan fingerprint density at radius 1 is 1.00 bits per heavy atom. The summed E-state index contributed by atoms with van der Waals surface area (Å²) >= 11 is 1.72. The van der Waals surface area contributed by atoms with Crippen LogP contribution in [0.25, 0.3) is 11.4 Å². The first kappa shape index (κ1) is 19.8. The molecule has 0 aliphatic heterocycles. The van der Waals surface area contributed by atoms with E-state index in [1.165, 1.54) is 5.56 Å². The molecule has 1 aromatic carbocycles. The molecule has 3 heterocycles. The molecule has 3 aromatic heterocycles. The highest BCUT2D eigenvalue weighted by molar-refractivity contribution is 7.98. The Bertz CT molecular complexity index is 1090. The normalized spacial score (nSPS) is 10.7. The molecule has 1 amide bonds. The zero-order valence-corrected chi connectivity index (χ0v) is 16.9. The maximum absolute atomic E-state index is 12.2. The molecule has 0 aliphatic carbocycles. The van der Waals surface area contributed by atoms with Gasteiger partial charge in [-0.2, -0.15) is 4.98 Å². The lowest BCUT2D eigenvalue weighted by Gasteiger charge is -2.06. The van der Waals surface area contributed by atoms with E-state index < -0.39 is 0 Å². The lowest BCUT2D eigenvalue weighted by Crippen LogP contribution is -2.12. The number of hydrogen-bond acceptors (Lipinski definition) is 7. The van der Waals surface area contributed by atoms with Gasteiger partial charge in [0.15, 0.2) is 0 Å². The summed E-state index contributed by atoms with van der Waals surface area (Å²) in [4.78, 5) is 25.8. The number of carbonyl (C=O) groups excluding carboxylic acids is 1. The van der Waals surface area contributed by atoms with Gasteiger partial charge in [-0.15, -0.1) is 11.8 Å². The Hall–Kier alpha value is -3.52. The van der Waals surface area contributed by atoms with Crippen LogP contribution < -0.4 is 5.32 Å². The summed E-state index contributed by atoms with van der Waals surface area (Å²) in [5.74, 6) is 1.67. The highest BCUT2D eigenvalue weighted by Gasteiger charge is 2.11. The fourth-order valence-corrected chi connectivity index (χ4v) is 3.54. The third kappa shape index (κ3) is 5.51. The second-order valence-corrected chi connectivity index (χ2v) is 7.52. The lowest BCUT2D eigenvalue weighted by atomic mass is 10.2. The Kier molecular flexibility index (Phi) is 6.46. The maximum atomic E-state index is 12.2. The monoisotopic (exact) mass is 417 g/mol. The van der Waals surface area contributed by atoms with Gasteiger partial charge in [0.25, 0.3) is 0 Å². The average molecular weight is 417 g/mol. The molecule has 0 aliphatic rings. The van der Waals surface area contributed by atoms with Gasteiger partial charge in [-0.1, -0.05) is 11.2 Å². The van der Waals surface area contributed by atoms with E-state index in [4.69, 9.17) is 4.52 Å². The van der Waals surface area contributed by atoms with Gasteiger partial charge in [-0.05, 0) is 48.0 Å². The molecule has 1 N–H and O–H groups in total. The van der Waals surface area contributed by atoms with E-state index in [9.17, 15) is 4.79 Å². The minimum absolute atomic E-state index is 0.102. The number of nitrogens with zero attached hydrogens (tertiary/aromatic N) is 4. The van der Waals surface area contributed by atoms with Gasteiger partial charge >= 0.3 is 0 Å². The molecule has 8 heteroatoms. The van der Waals surface area contributed by atoms with Crippen LogP contribution in [0.2, 0.25) is 0 Å². The number of pyridine rings is 2. The quantitative estimate of drug-likeness (QED) is 0.425. The number of thioether (sulfide) groups is 1. The summed E-state index contributed by atoms with van der Waals surface area (Å²) in [6, 6.07) is 15.4. The van der Waals surface area contributed by atoms with Gasteiger partial charge in [0.2, 0.25) is 17.6 Å². The van der Waals surface area contributed by atoms with Gasteiger partial charge in [0, 0.05) is 59.5 Å². The molecule has 0 unspecified atom stereocenters. The molecule has 150 valence electrons. The van der Waals surface area contributed by atoms with Crippen LogP contribution in [0.3, 0.4) is 0 Å². The molecule has 30 heavy (non-hydrogen) atoms. The first-order valence-corrected chi connectivity index (χ1v) is 10.4. The molecule has 0 saturated heterocycles. The van der Waals surface area contributed by atoms with Crippen LogP contribution in [0.1, 0.15) is 17.9 Å². The smallest absolute Gasteiger partial charge is 0.227 e. The van der Waals surface area contributed by atoms with Crippen LogP contribution in [0, 0.1) is 0 Å². The Morgan fingerprint density at radius 2 is 1.83 bits per heavy atom. The highest BCUT2D eigenvalue weighted by atomic mass is 32.2. The van der Waals surface area contributed by atoms with Crippen molar-refractivity contribution in [2.24, 2.45) is 0 Å². The molecule has 0 fully saturated rings. The third-order valence-electron chi connectivity index (χ3n) is 4.24. The second-order valence-electron chi connectivity index (χ2n) is 6.47. The summed E-state index contributed by atoms with van der Waals surface area (Å²) in [6.45, 7) is 0. The van der Waals surface area contributed by atoms with Gasteiger partial charge < -0.3 is 9.84 Å². The predicted molar refractivity (Wildman–Crippen MR) is 115 cm³/mol. The van der Waals surface area contributed by atoms with Crippen molar-refractivity contribution in [1.82, 2.24) is 20.1 Å². The number of aromatic nitrogens is 4. The Morgan fingerprint density at radius 3 is 2.60 bits per heavy atom. The molecule has 0 radical (unpaired) electrons. The van der Waals surface area contributed by atoms with Crippen molar-refractivity contribution in [3.63, 3.8) is 0 Å². The number of nitrogens with one attached hydrogen (secondary N) is 1. The molecular formula is C22H19N5O2S. The fraction of sp³-hybridized carbons (Fsp3) is 0.136. The van der Waals surface area contributed by atoms with E-state index in [1.54, 1.807) is 42.5 Å². The molecule has 4 aromatic rings. The van der Waals surface area contributed by atoms with E-state index in [1.807, 2.05) is 36.5 Å². The molecule has 0 bridgehead atoms. The van der Waals surface area contributed by atoms with Crippen LogP contribution in [0.4, 0.5) is 5.69 Å². The highest BCUT2D eigenvalue weighted by Crippen LogP contribution is 2.24. The number of aryl methyl sites for hydroxylation is 1. The van der Waals surface area contributed by atoms with Crippen molar-refractivity contribution in [3.8, 4) is 11.4 Å². The van der Waals surface area contributed by atoms with E-state index in [2.05, 4.69) is 31.5 Å². The summed E-state index contributed by atoms with van der Waals surface area (Å²) in [6.07, 6.45) is 7.61. The van der Waals surface area contributed by atoms with Gasteiger partial charge in [0.1, 0.15) is 0 Å². The lowest BCUT2D eigenvalue weighted by molar-refractivity contribution is -0.116. The number of carbonyl (C=O) groups is 1. The zero-order valence-electron chi connectivity index (χ0n) is 16.1. The van der Waals surface area contributed by atoms with Crippen molar-refractivity contribution in [3.05, 3.63) is 84.8 Å². The maximum Gasteiger partial charge on any atom is 0.227 e. The SMILES string of the molecule is O=C(CCc1nc(-c2ccncc2)no1)Nc1ccc(SCc2cccnc2)cc1. The van der Waals surface area contributed by atoms with Crippen molar-refractivity contribution >= 4 is 23.4 Å². The van der Waals surface area contributed by atoms with Crippen LogP contribution in [-0.4, -0.2) is 26.0 Å². The van der Waals surface area contributed by atoms with Crippen LogP contribution in [-0.2, 0) is 17.0 Å². The summed E-state index contributed by atoms with van der Waals surface area (Å²) < 4.78 is 5.23. The number of rotatable bonds is 8. The van der Waals surface area contributed by atoms with Crippen molar-refractivity contribution in [1.29, 1.82) is 0 Å². The van der Waals surface area contributed by atoms with Gasteiger partial charge in [-0.25, -0.2) is 0 Å². The topological polar surface area (TPSA) is 93.8 Å². The number of benzene rings is 1. The zero-order chi connectivity index (χ0) is 20.6. The van der Waals surface area contributed by atoms with Crippen molar-refractivity contribution in [2.75, 3.05) is 5.32 Å². The standard InChI is InChI=1S/C22H19N5O2S/c28-20(7-8-21-26-22(27-29-21)17-9-12-23-13-10-17)25-18-3-5-19(6-4-18)30-15-16-2-1-11-24-14-16/h1-6,9-14H,7-8,15H2,(H,25,28). The van der Waals surface area contributed by atoms with Crippen LogP contribution in [0.15, 0.2) is 82.7 Å². The van der Waals surface area contributed by atoms with Gasteiger partial charge in [0.05, 0.1) is 0 Å². The Balaban J connectivity index is 1.24. The fourth-order valence-electron chi connectivity index (χ4n) is 2.70. The second kappa shape index (κ2) is 9.80. The van der Waals surface area contributed by atoms with Crippen molar-refractivity contribution < 1.29 is 9.32 Å². The van der Waals surface area contributed by atoms with Crippen LogP contribution >= 0.6 is 11.8 Å². The van der Waals surface area contributed by atoms with E-state index in [0.717, 1.165) is 21.9 Å². The molecule has 0 atom stereocenters. The molecule has 0 spiro atoms. The Labute approximate surface area is 178 Å². The number of hydrogen-bond donors (Lipinski definition) is 1. The number of amides is 1. The van der Waals surface area contributed by atoms with E-state index in [-0.39, 0.29) is 12.3 Å². The summed E-state index contributed by atoms with van der Waals surface area (Å²) in [5.41, 5.74) is 2.76. The first-order chi connectivity index (χ1) is 14.8. The summed E-state index contributed by atoms with van der Waals surface area (Å²) in [5, 5.41) is 6.84. The van der Waals surface area contributed by atoms with Crippen molar-refractivity contribution in [2.45, 2.75) is 23.5 Å². The minimum atomic E-state index is -0.102. The molecule has 7 nitrogen and oxygen atoms in total. The van der Waals surface area contributed by atoms with Crippen LogP contribution in [0.5, 0.6) is 0 Å². The first-order valence-electron chi connectivity index (χ1n) is 9.41.